The molecule has 4 heteroatoms. The molecule has 3 rings (SSSR count). The molecule has 0 saturated heterocycles. The molecule has 0 aliphatic heterocycles. The van der Waals surface area contributed by atoms with E-state index in [0.717, 1.165) is 5.69 Å². The highest BCUT2D eigenvalue weighted by atomic mass is 15.4. The van der Waals surface area contributed by atoms with Gasteiger partial charge in [-0.15, -0.1) is 5.10 Å². The molecule has 3 aromatic rings. The molecular formula is C14H14N4. The molecule has 0 atom stereocenters. The van der Waals surface area contributed by atoms with Crippen molar-refractivity contribution in [1.82, 2.24) is 15.0 Å². The van der Waals surface area contributed by atoms with E-state index in [0.29, 0.717) is 13.1 Å². The molecule has 0 spiro atoms. The summed E-state index contributed by atoms with van der Waals surface area (Å²) in [6.45, 7) is 1.16. The summed E-state index contributed by atoms with van der Waals surface area (Å²) in [5.74, 6) is 0. The predicted octanol–water partition coefficient (Wildman–Crippen LogP) is 1.94. The molecule has 0 saturated carbocycles. The minimum absolute atomic E-state index is 0.456. The topological polar surface area (TPSA) is 56.7 Å². The van der Waals surface area contributed by atoms with Gasteiger partial charge in [-0.1, -0.05) is 47.7 Å². The molecule has 0 radical (unpaired) electrons. The molecule has 0 aliphatic rings. The van der Waals surface area contributed by atoms with Crippen LogP contribution in [0.4, 0.5) is 0 Å². The summed E-state index contributed by atoms with van der Waals surface area (Å²) in [6.07, 6.45) is 1.71. The van der Waals surface area contributed by atoms with Crippen molar-refractivity contribution in [3.63, 3.8) is 0 Å². The Morgan fingerprint density at radius 1 is 1.06 bits per heavy atom. The lowest BCUT2D eigenvalue weighted by atomic mass is 10.0. The Morgan fingerprint density at radius 3 is 2.78 bits per heavy atom. The molecule has 0 bridgehead atoms. The van der Waals surface area contributed by atoms with Crippen LogP contribution in [0, 0.1) is 0 Å². The summed E-state index contributed by atoms with van der Waals surface area (Å²) in [4.78, 5) is 0. The fourth-order valence-corrected chi connectivity index (χ4v) is 2.16. The molecule has 1 aromatic heterocycles. The highest BCUT2D eigenvalue weighted by Crippen LogP contribution is 2.19. The van der Waals surface area contributed by atoms with Crippen LogP contribution < -0.4 is 5.73 Å². The molecular weight excluding hydrogens is 224 g/mol. The summed E-state index contributed by atoms with van der Waals surface area (Å²) < 4.78 is 1.85. The third-order valence-corrected chi connectivity index (χ3v) is 3.11. The zero-order valence-corrected chi connectivity index (χ0v) is 9.95. The molecule has 4 nitrogen and oxygen atoms in total. The van der Waals surface area contributed by atoms with Gasteiger partial charge in [0.15, 0.2) is 0 Å². The van der Waals surface area contributed by atoms with Crippen molar-refractivity contribution in [2.24, 2.45) is 5.73 Å². The van der Waals surface area contributed by atoms with Crippen LogP contribution in [0.2, 0.25) is 0 Å². The van der Waals surface area contributed by atoms with E-state index in [1.807, 2.05) is 10.7 Å². The second-order valence-corrected chi connectivity index (χ2v) is 4.23. The first kappa shape index (κ1) is 10.9. The Balaban J connectivity index is 2.05. The molecule has 18 heavy (non-hydrogen) atoms. The summed E-state index contributed by atoms with van der Waals surface area (Å²) in [5, 5.41) is 10.5. The maximum atomic E-state index is 5.66. The van der Waals surface area contributed by atoms with E-state index >= 15 is 0 Å². The number of aromatic nitrogens is 3. The molecule has 2 aromatic carbocycles. The third kappa shape index (κ3) is 1.87. The largest absolute Gasteiger partial charge is 0.325 e. The zero-order chi connectivity index (χ0) is 12.4. The Hall–Kier alpha value is -2.20. The van der Waals surface area contributed by atoms with Crippen LogP contribution >= 0.6 is 0 Å². The van der Waals surface area contributed by atoms with Crippen molar-refractivity contribution in [1.29, 1.82) is 0 Å². The van der Waals surface area contributed by atoms with Gasteiger partial charge in [0.25, 0.3) is 0 Å². The van der Waals surface area contributed by atoms with Gasteiger partial charge >= 0.3 is 0 Å². The number of nitrogens with zero attached hydrogens (tertiary/aromatic N) is 3. The van der Waals surface area contributed by atoms with E-state index in [9.17, 15) is 0 Å². The molecule has 0 unspecified atom stereocenters. The van der Waals surface area contributed by atoms with Crippen LogP contribution in [0.3, 0.4) is 0 Å². The van der Waals surface area contributed by atoms with Crippen LogP contribution in [0.5, 0.6) is 0 Å². The van der Waals surface area contributed by atoms with Gasteiger partial charge in [0.2, 0.25) is 0 Å². The minimum atomic E-state index is 0.456. The zero-order valence-electron chi connectivity index (χ0n) is 9.95. The number of hydrogen-bond acceptors (Lipinski definition) is 3. The first-order valence-corrected chi connectivity index (χ1v) is 5.92. The van der Waals surface area contributed by atoms with Crippen LogP contribution in [0.1, 0.15) is 11.3 Å². The lowest BCUT2D eigenvalue weighted by Gasteiger charge is -2.08. The molecule has 0 aliphatic carbocycles. The van der Waals surface area contributed by atoms with Gasteiger partial charge in [-0.25, -0.2) is 4.68 Å². The molecule has 90 valence electrons. The molecule has 2 N–H and O–H groups in total. The van der Waals surface area contributed by atoms with Gasteiger partial charge in [0.05, 0.1) is 18.4 Å². The Morgan fingerprint density at radius 2 is 1.89 bits per heavy atom. The van der Waals surface area contributed by atoms with Gasteiger partial charge in [-0.2, -0.15) is 0 Å². The maximum Gasteiger partial charge on any atom is 0.0738 e. The monoisotopic (exact) mass is 238 g/mol. The summed E-state index contributed by atoms with van der Waals surface area (Å²) in [5.41, 5.74) is 7.84. The van der Waals surface area contributed by atoms with E-state index in [1.54, 1.807) is 6.20 Å². The minimum Gasteiger partial charge on any atom is -0.325 e. The molecule has 1 heterocycles. The number of nitrogens with two attached hydrogens (primary N) is 1. The van der Waals surface area contributed by atoms with Crippen LogP contribution in [0.25, 0.3) is 10.8 Å². The van der Waals surface area contributed by atoms with Crippen LogP contribution in [-0.2, 0) is 13.1 Å². The van der Waals surface area contributed by atoms with Crippen LogP contribution in [0.15, 0.2) is 48.7 Å². The van der Waals surface area contributed by atoms with E-state index in [-0.39, 0.29) is 0 Å². The van der Waals surface area contributed by atoms with Gasteiger partial charge in [-0.3, -0.25) is 0 Å². The number of hydrogen-bond donors (Lipinski definition) is 1. The van der Waals surface area contributed by atoms with Gasteiger partial charge in [0.1, 0.15) is 0 Å². The Bertz CT molecular complexity index is 667. The van der Waals surface area contributed by atoms with E-state index < -0.39 is 0 Å². The van der Waals surface area contributed by atoms with Gasteiger partial charge in [-0.05, 0) is 16.3 Å². The van der Waals surface area contributed by atoms with Crippen LogP contribution in [-0.4, -0.2) is 15.0 Å². The lowest BCUT2D eigenvalue weighted by Crippen LogP contribution is -2.10. The first-order valence-electron chi connectivity index (χ1n) is 5.92. The van der Waals surface area contributed by atoms with E-state index in [2.05, 4.69) is 46.7 Å². The number of rotatable bonds is 3. The average Bonchev–Trinajstić information content (AvgIpc) is 2.86. The highest BCUT2D eigenvalue weighted by molar-refractivity contribution is 5.85. The number of benzene rings is 2. The summed E-state index contributed by atoms with van der Waals surface area (Å²) >= 11 is 0. The highest BCUT2D eigenvalue weighted by Gasteiger charge is 2.05. The van der Waals surface area contributed by atoms with Crippen molar-refractivity contribution in [3.8, 4) is 0 Å². The van der Waals surface area contributed by atoms with Gasteiger partial charge < -0.3 is 5.73 Å². The van der Waals surface area contributed by atoms with E-state index in [1.165, 1.54) is 16.3 Å². The first-order chi connectivity index (χ1) is 8.88. The van der Waals surface area contributed by atoms with Crippen molar-refractivity contribution in [3.05, 3.63) is 59.9 Å². The van der Waals surface area contributed by atoms with Crippen molar-refractivity contribution in [2.45, 2.75) is 13.1 Å². The molecule has 0 amide bonds. The maximum absolute atomic E-state index is 5.66. The average molecular weight is 238 g/mol. The van der Waals surface area contributed by atoms with Crippen molar-refractivity contribution >= 4 is 10.8 Å². The smallest absolute Gasteiger partial charge is 0.0738 e. The summed E-state index contributed by atoms with van der Waals surface area (Å²) in [6, 6.07) is 14.6. The normalized spacial score (nSPS) is 10.9. The molecule has 0 fully saturated rings. The van der Waals surface area contributed by atoms with Crippen molar-refractivity contribution in [2.75, 3.05) is 0 Å². The fraction of sp³-hybridized carbons (Fsp3) is 0.143. The Labute approximate surface area is 105 Å². The van der Waals surface area contributed by atoms with E-state index in [4.69, 9.17) is 5.73 Å². The standard InChI is InChI=1S/C14H14N4/c15-8-13-9-16-17-18(13)10-12-6-3-5-11-4-1-2-7-14(11)12/h1-7,9H,8,10,15H2. The quantitative estimate of drug-likeness (QED) is 0.758. The third-order valence-electron chi connectivity index (χ3n) is 3.11. The number of fused-ring (bicyclic) bond motifs is 1. The second-order valence-electron chi connectivity index (χ2n) is 4.23. The Kier molecular flexibility index (Phi) is 2.78. The lowest BCUT2D eigenvalue weighted by molar-refractivity contribution is 0.621. The van der Waals surface area contributed by atoms with Gasteiger partial charge in [0, 0.05) is 6.54 Å². The summed E-state index contributed by atoms with van der Waals surface area (Å²) in [7, 11) is 0. The fourth-order valence-electron chi connectivity index (χ4n) is 2.16. The predicted molar refractivity (Wildman–Crippen MR) is 71.0 cm³/mol. The van der Waals surface area contributed by atoms with Crippen molar-refractivity contribution < 1.29 is 0 Å². The SMILES string of the molecule is NCc1cnnn1Cc1cccc2ccccc12. The second kappa shape index (κ2) is 4.58.